The summed E-state index contributed by atoms with van der Waals surface area (Å²) in [7, 11) is 0. The first kappa shape index (κ1) is 11.9. The largest absolute Gasteiger partial charge is 0.462 e. The van der Waals surface area contributed by atoms with Crippen molar-refractivity contribution in [2.75, 3.05) is 24.6 Å². The fourth-order valence-electron chi connectivity index (χ4n) is 2.02. The zero-order valence-corrected chi connectivity index (χ0v) is 9.93. The second kappa shape index (κ2) is 5.19. The van der Waals surface area contributed by atoms with Crippen LogP contribution in [-0.4, -0.2) is 36.9 Å². The van der Waals surface area contributed by atoms with Crippen molar-refractivity contribution in [3.8, 4) is 0 Å². The smallest absolute Gasteiger partial charge is 0.338 e. The van der Waals surface area contributed by atoms with E-state index >= 15 is 0 Å². The monoisotopic (exact) mass is 235 g/mol. The second-order valence-electron chi connectivity index (χ2n) is 4.16. The van der Waals surface area contributed by atoms with Crippen molar-refractivity contribution in [2.45, 2.75) is 19.4 Å². The molecule has 1 aliphatic heterocycles. The minimum absolute atomic E-state index is 0.263. The molecule has 0 spiro atoms. The van der Waals surface area contributed by atoms with Crippen molar-refractivity contribution in [2.24, 2.45) is 0 Å². The normalized spacial score (nSPS) is 19.4. The fraction of sp³-hybridized carbons (Fsp3) is 0.462. The highest BCUT2D eigenvalue weighted by molar-refractivity contribution is 5.90. The zero-order valence-electron chi connectivity index (χ0n) is 9.93. The molecule has 2 rings (SSSR count). The van der Waals surface area contributed by atoms with Gasteiger partial charge in [-0.05, 0) is 31.5 Å². The Morgan fingerprint density at radius 3 is 3.06 bits per heavy atom. The Hall–Kier alpha value is -1.55. The third-order valence-electron chi connectivity index (χ3n) is 2.89. The number of carbonyl (C=O) groups excluding carboxylic acids is 1. The molecule has 92 valence electrons. The van der Waals surface area contributed by atoms with E-state index in [4.69, 9.17) is 4.74 Å². The van der Waals surface area contributed by atoms with Gasteiger partial charge in [0, 0.05) is 18.8 Å². The summed E-state index contributed by atoms with van der Waals surface area (Å²) in [6.07, 6.45) is 0.519. The Bertz CT molecular complexity index is 405. The fourth-order valence-corrected chi connectivity index (χ4v) is 2.02. The van der Waals surface area contributed by atoms with Crippen molar-refractivity contribution in [3.05, 3.63) is 29.8 Å². The maximum Gasteiger partial charge on any atom is 0.338 e. The van der Waals surface area contributed by atoms with Crippen LogP contribution in [0.25, 0.3) is 0 Å². The van der Waals surface area contributed by atoms with Gasteiger partial charge in [0.1, 0.15) is 0 Å². The lowest BCUT2D eigenvalue weighted by molar-refractivity contribution is 0.0526. The third-order valence-corrected chi connectivity index (χ3v) is 2.89. The van der Waals surface area contributed by atoms with Gasteiger partial charge in [-0.2, -0.15) is 0 Å². The standard InChI is InChI=1S/C13H17NO3/c1-2-17-13(16)10-4-3-5-11(8-10)14-7-6-12(15)9-14/h3-5,8,12,15H,2,6-7,9H2,1H3/t12-/m0/s1. The van der Waals surface area contributed by atoms with Crippen LogP contribution in [0.5, 0.6) is 0 Å². The van der Waals surface area contributed by atoms with E-state index in [9.17, 15) is 9.90 Å². The van der Waals surface area contributed by atoms with Crippen LogP contribution in [-0.2, 0) is 4.74 Å². The molecule has 0 amide bonds. The molecule has 4 nitrogen and oxygen atoms in total. The average Bonchev–Trinajstić information content (AvgIpc) is 2.76. The molecule has 1 heterocycles. The highest BCUT2D eigenvalue weighted by Crippen LogP contribution is 2.21. The van der Waals surface area contributed by atoms with E-state index in [2.05, 4.69) is 4.90 Å². The van der Waals surface area contributed by atoms with Crippen molar-refractivity contribution in [1.29, 1.82) is 0 Å². The van der Waals surface area contributed by atoms with E-state index in [1.807, 2.05) is 18.2 Å². The molecule has 1 fully saturated rings. The van der Waals surface area contributed by atoms with E-state index in [-0.39, 0.29) is 12.1 Å². The van der Waals surface area contributed by atoms with Crippen LogP contribution in [0.15, 0.2) is 24.3 Å². The van der Waals surface area contributed by atoms with Gasteiger partial charge in [-0.1, -0.05) is 6.07 Å². The molecule has 0 aromatic heterocycles. The van der Waals surface area contributed by atoms with Crippen LogP contribution >= 0.6 is 0 Å². The predicted molar refractivity (Wildman–Crippen MR) is 65.2 cm³/mol. The Morgan fingerprint density at radius 2 is 2.41 bits per heavy atom. The van der Waals surface area contributed by atoms with Crippen LogP contribution in [0, 0.1) is 0 Å². The van der Waals surface area contributed by atoms with Gasteiger partial charge < -0.3 is 14.7 Å². The third kappa shape index (κ3) is 2.77. The molecule has 1 aliphatic rings. The summed E-state index contributed by atoms with van der Waals surface area (Å²) < 4.78 is 4.96. The lowest BCUT2D eigenvalue weighted by Gasteiger charge is -2.18. The molecule has 1 aromatic carbocycles. The molecule has 0 saturated carbocycles. The Morgan fingerprint density at radius 1 is 1.59 bits per heavy atom. The molecule has 0 bridgehead atoms. The highest BCUT2D eigenvalue weighted by atomic mass is 16.5. The van der Waals surface area contributed by atoms with E-state index < -0.39 is 0 Å². The summed E-state index contributed by atoms with van der Waals surface area (Å²) >= 11 is 0. The summed E-state index contributed by atoms with van der Waals surface area (Å²) in [5.41, 5.74) is 1.53. The first-order valence-electron chi connectivity index (χ1n) is 5.91. The van der Waals surface area contributed by atoms with Crippen molar-refractivity contribution in [1.82, 2.24) is 0 Å². The number of anilines is 1. The zero-order chi connectivity index (χ0) is 12.3. The number of aliphatic hydroxyl groups excluding tert-OH is 1. The summed E-state index contributed by atoms with van der Waals surface area (Å²) in [4.78, 5) is 13.7. The summed E-state index contributed by atoms with van der Waals surface area (Å²) in [6.45, 7) is 3.63. The van der Waals surface area contributed by atoms with Crippen molar-refractivity contribution >= 4 is 11.7 Å². The number of hydrogen-bond donors (Lipinski definition) is 1. The summed E-state index contributed by atoms with van der Waals surface area (Å²) in [5.74, 6) is -0.297. The summed E-state index contributed by atoms with van der Waals surface area (Å²) in [5, 5.41) is 9.49. The molecule has 0 aliphatic carbocycles. The Kier molecular flexibility index (Phi) is 3.64. The molecule has 1 N–H and O–H groups in total. The van der Waals surface area contributed by atoms with Gasteiger partial charge in [0.2, 0.25) is 0 Å². The maximum atomic E-state index is 11.6. The van der Waals surface area contributed by atoms with Gasteiger partial charge >= 0.3 is 5.97 Å². The maximum absolute atomic E-state index is 11.6. The molecule has 4 heteroatoms. The Balaban J connectivity index is 2.14. The van der Waals surface area contributed by atoms with E-state index in [1.54, 1.807) is 13.0 Å². The molecule has 0 unspecified atom stereocenters. The lowest BCUT2D eigenvalue weighted by Crippen LogP contribution is -2.21. The van der Waals surface area contributed by atoms with Crippen LogP contribution < -0.4 is 4.90 Å². The number of hydrogen-bond acceptors (Lipinski definition) is 4. The minimum atomic E-state index is -0.297. The number of ether oxygens (including phenoxy) is 1. The molecule has 1 atom stereocenters. The first-order valence-corrected chi connectivity index (χ1v) is 5.91. The number of nitrogens with zero attached hydrogens (tertiary/aromatic N) is 1. The van der Waals surface area contributed by atoms with Gasteiger partial charge in [0.25, 0.3) is 0 Å². The predicted octanol–water partition coefficient (Wildman–Crippen LogP) is 1.43. The Labute approximate surface area is 101 Å². The van der Waals surface area contributed by atoms with Crippen LogP contribution in [0.2, 0.25) is 0 Å². The number of esters is 1. The first-order chi connectivity index (χ1) is 8.20. The van der Waals surface area contributed by atoms with Gasteiger partial charge in [-0.25, -0.2) is 4.79 Å². The van der Waals surface area contributed by atoms with Crippen LogP contribution in [0.1, 0.15) is 23.7 Å². The average molecular weight is 235 g/mol. The van der Waals surface area contributed by atoms with Crippen molar-refractivity contribution in [3.63, 3.8) is 0 Å². The topological polar surface area (TPSA) is 49.8 Å². The molecular weight excluding hydrogens is 218 g/mol. The quantitative estimate of drug-likeness (QED) is 0.805. The summed E-state index contributed by atoms with van der Waals surface area (Å²) in [6, 6.07) is 7.34. The van der Waals surface area contributed by atoms with E-state index in [0.29, 0.717) is 18.7 Å². The molecule has 17 heavy (non-hydrogen) atoms. The minimum Gasteiger partial charge on any atom is -0.462 e. The van der Waals surface area contributed by atoms with Gasteiger partial charge in [0.15, 0.2) is 0 Å². The number of carbonyl (C=O) groups is 1. The highest BCUT2D eigenvalue weighted by Gasteiger charge is 2.21. The molecular formula is C13H17NO3. The molecule has 1 saturated heterocycles. The lowest BCUT2D eigenvalue weighted by atomic mass is 10.2. The van der Waals surface area contributed by atoms with Gasteiger partial charge in [0.05, 0.1) is 18.3 Å². The number of benzene rings is 1. The SMILES string of the molecule is CCOC(=O)c1cccc(N2CC[C@H](O)C2)c1. The molecule has 0 radical (unpaired) electrons. The number of β-amino-alcohol motifs (C(OH)–C–C–N with tert-alkyl or cyclic N) is 1. The van der Waals surface area contributed by atoms with Gasteiger partial charge in [-0.15, -0.1) is 0 Å². The number of rotatable bonds is 3. The van der Waals surface area contributed by atoms with Crippen LogP contribution in [0.3, 0.4) is 0 Å². The van der Waals surface area contributed by atoms with E-state index in [1.165, 1.54) is 0 Å². The van der Waals surface area contributed by atoms with Gasteiger partial charge in [-0.3, -0.25) is 0 Å². The van der Waals surface area contributed by atoms with Crippen LogP contribution in [0.4, 0.5) is 5.69 Å². The number of aliphatic hydroxyl groups is 1. The second-order valence-corrected chi connectivity index (χ2v) is 4.16. The van der Waals surface area contributed by atoms with E-state index in [0.717, 1.165) is 18.7 Å². The van der Waals surface area contributed by atoms with Crippen molar-refractivity contribution < 1.29 is 14.6 Å². The molecule has 1 aromatic rings.